The van der Waals surface area contributed by atoms with Crippen molar-refractivity contribution in [2.45, 2.75) is 13.0 Å². The lowest BCUT2D eigenvalue weighted by molar-refractivity contribution is -0.145. The number of aliphatic hydroxyl groups excluding tert-OH is 1. The lowest BCUT2D eigenvalue weighted by atomic mass is 10.4. The Balaban J connectivity index is 4.04. The van der Waals surface area contributed by atoms with E-state index in [1.165, 1.54) is 0 Å². The van der Waals surface area contributed by atoms with Crippen LogP contribution < -0.4 is 0 Å². The zero-order chi connectivity index (χ0) is 7.65. The van der Waals surface area contributed by atoms with Gasteiger partial charge in [0.25, 0.3) is 0 Å². The summed E-state index contributed by atoms with van der Waals surface area (Å²) in [6.07, 6.45) is -2.27. The molecule has 0 aromatic carbocycles. The smallest absolute Gasteiger partial charge is 0.332 e. The molecule has 3 nitrogen and oxygen atoms in total. The molecule has 0 heterocycles. The third-order valence-electron chi connectivity index (χ3n) is 0.234. The zero-order valence-corrected chi connectivity index (χ0v) is 2.88. The van der Waals surface area contributed by atoms with Gasteiger partial charge in [0, 0.05) is 4.11 Å². The van der Waals surface area contributed by atoms with E-state index >= 15 is 0 Å². The van der Waals surface area contributed by atoms with Crippen molar-refractivity contribution in [1.82, 2.24) is 0 Å². The minimum atomic E-state index is -2.81. The predicted molar refractivity (Wildman–Crippen MR) is 19.3 cm³/mol. The van der Waals surface area contributed by atoms with Gasteiger partial charge in [0.1, 0.15) is 6.10 Å². The first kappa shape index (κ1) is 1.93. The standard InChI is InChI=1S/C3H6O3/c1-2(4)3(5)6/h2,4H,1H3,(H,5,6)/t2-/m0/s1/i1D3. The summed E-state index contributed by atoms with van der Waals surface area (Å²) in [5, 5.41) is 16.2. The Morgan fingerprint density at radius 1 is 2.17 bits per heavy atom. The molecule has 2 N–H and O–H groups in total. The molecule has 0 saturated carbocycles. The van der Waals surface area contributed by atoms with E-state index < -0.39 is 18.9 Å². The molecule has 0 bridgehead atoms. The molecule has 0 spiro atoms. The lowest BCUT2D eigenvalue weighted by Crippen LogP contribution is -2.13. The Labute approximate surface area is 39.4 Å². The van der Waals surface area contributed by atoms with Crippen LogP contribution in [0.4, 0.5) is 0 Å². The largest absolute Gasteiger partial charge is 0.479 e. The first-order chi connectivity index (χ1) is 3.85. The van der Waals surface area contributed by atoms with Crippen LogP contribution in [0.1, 0.15) is 11.0 Å². The lowest BCUT2D eigenvalue weighted by Gasteiger charge is -1.89. The fourth-order valence-electron chi connectivity index (χ4n) is 0. The molecule has 0 aromatic heterocycles. The minimum absolute atomic E-state index is 1.73. The van der Waals surface area contributed by atoms with Crippen LogP contribution in [0.2, 0.25) is 0 Å². The second-order valence-electron chi connectivity index (χ2n) is 0.741. The highest BCUT2D eigenvalue weighted by molar-refractivity contribution is 5.71. The highest BCUT2D eigenvalue weighted by Gasteiger charge is 2.01. The van der Waals surface area contributed by atoms with Crippen LogP contribution in [0.15, 0.2) is 0 Å². The molecular formula is C3H6O3. The number of carboxylic acids is 1. The molecule has 0 unspecified atom stereocenters. The van der Waals surface area contributed by atoms with Crippen molar-refractivity contribution in [2.75, 3.05) is 0 Å². The van der Waals surface area contributed by atoms with Crippen molar-refractivity contribution in [2.24, 2.45) is 0 Å². The van der Waals surface area contributed by atoms with E-state index in [1.807, 2.05) is 0 Å². The Kier molecular flexibility index (Phi) is 0.569. The normalized spacial score (nSPS) is 23.2. The van der Waals surface area contributed by atoms with Crippen LogP contribution in [0.5, 0.6) is 0 Å². The molecule has 0 saturated heterocycles. The van der Waals surface area contributed by atoms with Gasteiger partial charge in [0.05, 0.1) is 0 Å². The molecule has 0 aromatic rings. The van der Waals surface area contributed by atoms with Crippen molar-refractivity contribution >= 4 is 5.97 Å². The van der Waals surface area contributed by atoms with Crippen molar-refractivity contribution in [1.29, 1.82) is 0 Å². The van der Waals surface area contributed by atoms with Crippen LogP contribution in [0.3, 0.4) is 0 Å². The van der Waals surface area contributed by atoms with Gasteiger partial charge in [0.2, 0.25) is 0 Å². The van der Waals surface area contributed by atoms with Crippen LogP contribution in [-0.4, -0.2) is 22.3 Å². The average Bonchev–Trinajstić information content (AvgIpc) is 1.62. The maximum Gasteiger partial charge on any atom is 0.332 e. The topological polar surface area (TPSA) is 57.5 Å². The van der Waals surface area contributed by atoms with E-state index in [2.05, 4.69) is 0 Å². The summed E-state index contributed by atoms with van der Waals surface area (Å²) >= 11 is 0. The van der Waals surface area contributed by atoms with Crippen molar-refractivity contribution in [3.05, 3.63) is 0 Å². The Hall–Kier alpha value is -0.570. The molecule has 0 fully saturated rings. The number of carbonyl (C=O) groups is 1. The first-order valence-electron chi connectivity index (χ1n) is 2.76. The SMILES string of the molecule is [2H]C([2H])([2H])[C@H](O)C(=O)O. The van der Waals surface area contributed by atoms with Crippen molar-refractivity contribution in [3.63, 3.8) is 0 Å². The van der Waals surface area contributed by atoms with Gasteiger partial charge in [-0.25, -0.2) is 4.79 Å². The number of hydrogen-bond donors (Lipinski definition) is 2. The summed E-state index contributed by atoms with van der Waals surface area (Å²) in [5.41, 5.74) is 0. The monoisotopic (exact) mass is 93.1 g/mol. The third kappa shape index (κ3) is 1.72. The fourth-order valence-corrected chi connectivity index (χ4v) is 0. The number of hydrogen-bond acceptors (Lipinski definition) is 2. The van der Waals surface area contributed by atoms with Gasteiger partial charge in [-0.15, -0.1) is 0 Å². The van der Waals surface area contributed by atoms with Gasteiger partial charge in [-0.1, -0.05) is 0 Å². The highest BCUT2D eigenvalue weighted by atomic mass is 16.4. The molecular weight excluding hydrogens is 84.0 g/mol. The molecule has 0 amide bonds. The Morgan fingerprint density at radius 2 is 2.67 bits per heavy atom. The molecule has 1 atom stereocenters. The molecule has 3 heteroatoms. The highest BCUT2D eigenvalue weighted by Crippen LogP contribution is 1.73. The minimum Gasteiger partial charge on any atom is -0.479 e. The van der Waals surface area contributed by atoms with E-state index in [9.17, 15) is 4.79 Å². The molecule has 0 aliphatic carbocycles. The summed E-state index contributed by atoms with van der Waals surface area (Å²) in [5.74, 6) is -1.73. The van der Waals surface area contributed by atoms with Gasteiger partial charge >= 0.3 is 5.97 Å². The van der Waals surface area contributed by atoms with Crippen LogP contribution >= 0.6 is 0 Å². The average molecular weight is 93.1 g/mol. The van der Waals surface area contributed by atoms with Gasteiger partial charge in [-0.3, -0.25) is 0 Å². The van der Waals surface area contributed by atoms with Gasteiger partial charge in [-0.2, -0.15) is 0 Å². The summed E-state index contributed by atoms with van der Waals surface area (Å²) in [7, 11) is 0. The second kappa shape index (κ2) is 1.77. The number of aliphatic hydroxyl groups is 1. The third-order valence-corrected chi connectivity index (χ3v) is 0.234. The summed E-state index contributed by atoms with van der Waals surface area (Å²) in [6.45, 7) is -2.81. The van der Waals surface area contributed by atoms with E-state index in [1.54, 1.807) is 0 Å². The molecule has 0 aliphatic rings. The molecule has 0 rings (SSSR count). The Morgan fingerprint density at radius 3 is 2.67 bits per heavy atom. The second-order valence-corrected chi connectivity index (χ2v) is 0.741. The maximum absolute atomic E-state index is 9.74. The number of rotatable bonds is 1. The van der Waals surface area contributed by atoms with Crippen LogP contribution in [0.25, 0.3) is 0 Å². The van der Waals surface area contributed by atoms with E-state index in [0.29, 0.717) is 0 Å². The first-order valence-corrected chi connectivity index (χ1v) is 1.26. The summed E-state index contributed by atoms with van der Waals surface area (Å²) in [6, 6.07) is 0. The molecule has 0 aliphatic heterocycles. The van der Waals surface area contributed by atoms with E-state index in [0.717, 1.165) is 0 Å². The fraction of sp³-hybridized carbons (Fsp3) is 0.667. The Bertz CT molecular complexity index is 118. The maximum atomic E-state index is 9.74. The van der Waals surface area contributed by atoms with Crippen molar-refractivity contribution in [3.8, 4) is 0 Å². The zero-order valence-electron chi connectivity index (χ0n) is 5.88. The predicted octanol–water partition coefficient (Wildman–Crippen LogP) is -0.548. The van der Waals surface area contributed by atoms with Gasteiger partial charge in [-0.05, 0) is 6.85 Å². The number of aliphatic carboxylic acids is 1. The van der Waals surface area contributed by atoms with Gasteiger partial charge in [0.15, 0.2) is 0 Å². The molecule has 36 valence electrons. The molecule has 6 heavy (non-hydrogen) atoms. The van der Waals surface area contributed by atoms with Crippen LogP contribution in [-0.2, 0) is 4.79 Å². The summed E-state index contributed by atoms with van der Waals surface area (Å²) in [4.78, 5) is 9.74. The van der Waals surface area contributed by atoms with Crippen molar-refractivity contribution < 1.29 is 19.1 Å². The van der Waals surface area contributed by atoms with E-state index in [4.69, 9.17) is 14.3 Å². The van der Waals surface area contributed by atoms with E-state index in [-0.39, 0.29) is 0 Å². The quantitative estimate of drug-likeness (QED) is 0.457. The summed E-state index contributed by atoms with van der Waals surface area (Å²) < 4.78 is 19.1. The molecule has 0 radical (unpaired) electrons. The van der Waals surface area contributed by atoms with Crippen LogP contribution in [0, 0.1) is 0 Å². The number of carboxylic acid groups (broad SMARTS) is 1. The van der Waals surface area contributed by atoms with Gasteiger partial charge < -0.3 is 10.2 Å².